The zero-order valence-corrected chi connectivity index (χ0v) is 19.2. The highest BCUT2D eigenvalue weighted by atomic mass is 16.5. The molecule has 2 aromatic carbocycles. The highest BCUT2D eigenvalue weighted by Gasteiger charge is 2.27. The van der Waals surface area contributed by atoms with Gasteiger partial charge in [-0.05, 0) is 62.9 Å². The standard InChI is InChI=1S/C26H37N3O2/c1-4-5-17-29(26(30)27-21(2)3)23-15-18-28(19-16-23)20-22-11-13-25(14-12-22)31-24-9-7-6-8-10-24/h6-14,21,23H,4-5,15-20H2,1-3H3,(H,27,30). The fourth-order valence-electron chi connectivity index (χ4n) is 4.04. The SMILES string of the molecule is CCCCN(C(=O)NC(C)C)C1CCN(Cc2ccc(Oc3ccccc3)cc2)CC1. The minimum absolute atomic E-state index is 0.0934. The molecule has 2 aromatic rings. The molecule has 1 N–H and O–H groups in total. The molecule has 0 radical (unpaired) electrons. The third kappa shape index (κ3) is 7.28. The van der Waals surface area contributed by atoms with Crippen molar-refractivity contribution in [1.82, 2.24) is 15.1 Å². The minimum atomic E-state index is 0.0934. The lowest BCUT2D eigenvalue weighted by atomic mass is 10.0. The van der Waals surface area contributed by atoms with Gasteiger partial charge in [-0.1, -0.05) is 43.7 Å². The number of ether oxygens (including phenoxy) is 1. The van der Waals surface area contributed by atoms with E-state index in [1.807, 2.05) is 56.3 Å². The molecule has 1 fully saturated rings. The summed E-state index contributed by atoms with van der Waals surface area (Å²) < 4.78 is 5.89. The van der Waals surface area contributed by atoms with Gasteiger partial charge in [-0.2, -0.15) is 0 Å². The second kappa shape index (κ2) is 11.8. The molecule has 0 aromatic heterocycles. The van der Waals surface area contributed by atoms with Gasteiger partial charge in [0.05, 0.1) is 0 Å². The highest BCUT2D eigenvalue weighted by Crippen LogP contribution is 2.23. The summed E-state index contributed by atoms with van der Waals surface area (Å²) in [6.45, 7) is 10.0. The largest absolute Gasteiger partial charge is 0.457 e. The lowest BCUT2D eigenvalue weighted by Crippen LogP contribution is -2.52. The van der Waals surface area contributed by atoms with Crippen LogP contribution in [-0.4, -0.2) is 47.5 Å². The average Bonchev–Trinajstić information content (AvgIpc) is 2.77. The van der Waals surface area contributed by atoms with Gasteiger partial charge in [0.2, 0.25) is 0 Å². The van der Waals surface area contributed by atoms with E-state index in [0.29, 0.717) is 6.04 Å². The van der Waals surface area contributed by atoms with Gasteiger partial charge in [-0.3, -0.25) is 4.90 Å². The van der Waals surface area contributed by atoms with Crippen molar-refractivity contribution in [1.29, 1.82) is 0 Å². The van der Waals surface area contributed by atoms with Crippen LogP contribution >= 0.6 is 0 Å². The van der Waals surface area contributed by atoms with E-state index >= 15 is 0 Å². The van der Waals surface area contributed by atoms with E-state index in [0.717, 1.165) is 63.4 Å². The Labute approximate surface area is 187 Å². The van der Waals surface area contributed by atoms with Gasteiger partial charge in [-0.15, -0.1) is 0 Å². The van der Waals surface area contributed by atoms with Gasteiger partial charge in [0.1, 0.15) is 11.5 Å². The van der Waals surface area contributed by atoms with Gasteiger partial charge in [-0.25, -0.2) is 4.79 Å². The zero-order chi connectivity index (χ0) is 22.1. The predicted molar refractivity (Wildman–Crippen MR) is 127 cm³/mol. The number of hydrogen-bond donors (Lipinski definition) is 1. The van der Waals surface area contributed by atoms with Crippen molar-refractivity contribution < 1.29 is 9.53 Å². The molecular weight excluding hydrogens is 386 g/mol. The predicted octanol–water partition coefficient (Wildman–Crippen LogP) is 5.66. The summed E-state index contributed by atoms with van der Waals surface area (Å²) in [4.78, 5) is 17.3. The molecule has 31 heavy (non-hydrogen) atoms. The summed E-state index contributed by atoms with van der Waals surface area (Å²) in [6.07, 6.45) is 4.23. The number of likely N-dealkylation sites (tertiary alicyclic amines) is 1. The molecule has 0 bridgehead atoms. The van der Waals surface area contributed by atoms with Crippen LogP contribution < -0.4 is 10.1 Å². The Hall–Kier alpha value is -2.53. The van der Waals surface area contributed by atoms with Crippen LogP contribution in [0.15, 0.2) is 54.6 Å². The first-order valence-corrected chi connectivity index (χ1v) is 11.7. The quantitative estimate of drug-likeness (QED) is 0.566. The maximum Gasteiger partial charge on any atom is 0.317 e. The van der Waals surface area contributed by atoms with Gasteiger partial charge >= 0.3 is 6.03 Å². The van der Waals surface area contributed by atoms with Crippen LogP contribution in [0.1, 0.15) is 52.0 Å². The first-order valence-electron chi connectivity index (χ1n) is 11.7. The Bertz CT molecular complexity index is 784. The van der Waals surface area contributed by atoms with E-state index in [1.54, 1.807) is 0 Å². The summed E-state index contributed by atoms with van der Waals surface area (Å²) in [5.41, 5.74) is 1.29. The Balaban J connectivity index is 1.50. The molecule has 0 unspecified atom stereocenters. The van der Waals surface area contributed by atoms with Crippen LogP contribution in [0, 0.1) is 0 Å². The summed E-state index contributed by atoms with van der Waals surface area (Å²) in [5, 5.41) is 3.08. The van der Waals surface area contributed by atoms with Gasteiger partial charge in [0.15, 0.2) is 0 Å². The van der Waals surface area contributed by atoms with Crippen molar-refractivity contribution in [3.8, 4) is 11.5 Å². The molecule has 0 aliphatic carbocycles. The van der Waals surface area contributed by atoms with E-state index in [1.165, 1.54) is 5.56 Å². The molecule has 5 nitrogen and oxygen atoms in total. The van der Waals surface area contributed by atoms with E-state index in [4.69, 9.17) is 4.74 Å². The normalized spacial score (nSPS) is 15.1. The minimum Gasteiger partial charge on any atom is -0.457 e. The second-order valence-corrected chi connectivity index (χ2v) is 8.72. The van der Waals surface area contributed by atoms with Crippen LogP contribution in [0.4, 0.5) is 4.79 Å². The number of para-hydroxylation sites is 1. The smallest absolute Gasteiger partial charge is 0.317 e. The van der Waals surface area contributed by atoms with Crippen molar-refractivity contribution in [2.24, 2.45) is 0 Å². The Kier molecular flexibility index (Phi) is 8.77. The van der Waals surface area contributed by atoms with Crippen molar-refractivity contribution in [3.63, 3.8) is 0 Å². The van der Waals surface area contributed by atoms with Crippen molar-refractivity contribution in [2.75, 3.05) is 19.6 Å². The molecule has 3 rings (SSSR count). The monoisotopic (exact) mass is 423 g/mol. The average molecular weight is 424 g/mol. The van der Waals surface area contributed by atoms with Gasteiger partial charge < -0.3 is 15.0 Å². The number of urea groups is 1. The molecule has 5 heteroatoms. The van der Waals surface area contributed by atoms with Gasteiger partial charge in [0, 0.05) is 38.3 Å². The zero-order valence-electron chi connectivity index (χ0n) is 19.2. The van der Waals surface area contributed by atoms with Crippen LogP contribution in [0.5, 0.6) is 11.5 Å². The molecule has 0 atom stereocenters. The Morgan fingerprint density at radius 3 is 2.32 bits per heavy atom. The second-order valence-electron chi connectivity index (χ2n) is 8.72. The summed E-state index contributed by atoms with van der Waals surface area (Å²) in [5.74, 6) is 1.71. The summed E-state index contributed by atoms with van der Waals surface area (Å²) >= 11 is 0. The van der Waals surface area contributed by atoms with Gasteiger partial charge in [0.25, 0.3) is 0 Å². The van der Waals surface area contributed by atoms with Crippen LogP contribution in [-0.2, 0) is 6.54 Å². The van der Waals surface area contributed by atoms with E-state index in [-0.39, 0.29) is 12.1 Å². The molecular formula is C26H37N3O2. The third-order valence-corrected chi connectivity index (χ3v) is 5.73. The molecule has 1 aliphatic rings. The first-order chi connectivity index (χ1) is 15.0. The maximum absolute atomic E-state index is 12.7. The number of nitrogens with zero attached hydrogens (tertiary/aromatic N) is 2. The van der Waals surface area contributed by atoms with E-state index in [9.17, 15) is 4.79 Å². The van der Waals surface area contributed by atoms with Crippen molar-refractivity contribution in [2.45, 2.75) is 65.1 Å². The molecule has 0 spiro atoms. The number of unbranched alkanes of at least 4 members (excludes halogenated alkanes) is 1. The fourth-order valence-corrected chi connectivity index (χ4v) is 4.04. The molecule has 168 valence electrons. The number of benzene rings is 2. The number of rotatable bonds is 9. The van der Waals surface area contributed by atoms with Crippen molar-refractivity contribution >= 4 is 6.03 Å². The molecule has 1 saturated heterocycles. The maximum atomic E-state index is 12.7. The number of hydrogen-bond acceptors (Lipinski definition) is 3. The van der Waals surface area contributed by atoms with Crippen LogP contribution in [0.3, 0.4) is 0 Å². The molecule has 1 heterocycles. The number of carbonyl (C=O) groups excluding carboxylic acids is 1. The molecule has 0 saturated carbocycles. The summed E-state index contributed by atoms with van der Waals surface area (Å²) in [7, 11) is 0. The molecule has 1 aliphatic heterocycles. The van der Waals surface area contributed by atoms with E-state index in [2.05, 4.69) is 34.2 Å². The number of amides is 2. The summed E-state index contributed by atoms with van der Waals surface area (Å²) in [6, 6.07) is 18.8. The number of carbonyl (C=O) groups is 1. The topological polar surface area (TPSA) is 44.8 Å². The van der Waals surface area contributed by atoms with Crippen LogP contribution in [0.2, 0.25) is 0 Å². The van der Waals surface area contributed by atoms with Crippen LogP contribution in [0.25, 0.3) is 0 Å². The van der Waals surface area contributed by atoms with Crippen molar-refractivity contribution in [3.05, 3.63) is 60.2 Å². The number of nitrogens with one attached hydrogen (secondary N) is 1. The lowest BCUT2D eigenvalue weighted by molar-refractivity contribution is 0.115. The third-order valence-electron chi connectivity index (χ3n) is 5.73. The molecule has 2 amide bonds. The van der Waals surface area contributed by atoms with E-state index < -0.39 is 0 Å². The highest BCUT2D eigenvalue weighted by molar-refractivity contribution is 5.74. The number of piperidine rings is 1. The Morgan fingerprint density at radius 2 is 1.71 bits per heavy atom. The first kappa shape index (κ1) is 23.1. The lowest BCUT2D eigenvalue weighted by Gasteiger charge is -2.39. The Morgan fingerprint density at radius 1 is 1.06 bits per heavy atom. The fraction of sp³-hybridized carbons (Fsp3) is 0.500.